The highest BCUT2D eigenvalue weighted by Gasteiger charge is 2.18. The van der Waals surface area contributed by atoms with Crippen molar-refractivity contribution in [3.63, 3.8) is 0 Å². The highest BCUT2D eigenvalue weighted by atomic mass is 127. The van der Waals surface area contributed by atoms with Gasteiger partial charge in [-0.15, -0.1) is 24.0 Å². The molecule has 0 radical (unpaired) electrons. The van der Waals surface area contributed by atoms with Crippen molar-refractivity contribution in [2.24, 2.45) is 4.99 Å². The standard InChI is InChI=1S/C14H20FN5O2.HI/c1-16-14(20-10-4-5-12(21)19-9-10)18-7-8-22-13-11(15)3-2-6-17-13;/h2-3,6,10H,4-5,7-9H2,1H3,(H,19,21)(H2,16,18,20);1H. The fourth-order valence-electron chi connectivity index (χ4n) is 2.04. The summed E-state index contributed by atoms with van der Waals surface area (Å²) in [7, 11) is 1.66. The minimum atomic E-state index is -0.483. The quantitative estimate of drug-likeness (QED) is 0.273. The largest absolute Gasteiger partial charge is 0.474 e. The van der Waals surface area contributed by atoms with Gasteiger partial charge in [0.15, 0.2) is 11.8 Å². The number of carbonyl (C=O) groups excluding carboxylic acids is 1. The van der Waals surface area contributed by atoms with Crippen molar-refractivity contribution in [1.29, 1.82) is 0 Å². The van der Waals surface area contributed by atoms with Gasteiger partial charge in [-0.2, -0.15) is 0 Å². The number of guanidine groups is 1. The molecular weight excluding hydrogens is 416 g/mol. The number of aliphatic imine (C=N–C) groups is 1. The molecule has 2 heterocycles. The van der Waals surface area contributed by atoms with Crippen LogP contribution in [0.1, 0.15) is 12.8 Å². The van der Waals surface area contributed by atoms with Crippen LogP contribution in [0.3, 0.4) is 0 Å². The predicted octanol–water partition coefficient (Wildman–Crippen LogP) is 0.661. The van der Waals surface area contributed by atoms with Crippen LogP contribution in [-0.2, 0) is 4.79 Å². The summed E-state index contributed by atoms with van der Waals surface area (Å²) in [5, 5.41) is 9.08. The lowest BCUT2D eigenvalue weighted by molar-refractivity contribution is -0.122. The van der Waals surface area contributed by atoms with Crippen LogP contribution in [0, 0.1) is 5.82 Å². The van der Waals surface area contributed by atoms with Crippen LogP contribution in [0.5, 0.6) is 5.88 Å². The Bertz CT molecular complexity index is 534. The van der Waals surface area contributed by atoms with E-state index >= 15 is 0 Å². The van der Waals surface area contributed by atoms with Gasteiger partial charge in [0.2, 0.25) is 11.8 Å². The number of nitrogens with zero attached hydrogens (tertiary/aromatic N) is 2. The maximum absolute atomic E-state index is 13.3. The van der Waals surface area contributed by atoms with Crippen LogP contribution >= 0.6 is 24.0 Å². The number of nitrogens with one attached hydrogen (secondary N) is 3. The minimum absolute atomic E-state index is 0. The van der Waals surface area contributed by atoms with Crippen molar-refractivity contribution in [1.82, 2.24) is 20.9 Å². The van der Waals surface area contributed by atoms with Gasteiger partial charge in [0, 0.05) is 32.3 Å². The Morgan fingerprint density at radius 3 is 3.09 bits per heavy atom. The van der Waals surface area contributed by atoms with Gasteiger partial charge in [-0.05, 0) is 18.6 Å². The molecule has 9 heteroatoms. The van der Waals surface area contributed by atoms with E-state index in [1.54, 1.807) is 7.05 Å². The Balaban J connectivity index is 0.00000264. The molecule has 1 fully saturated rings. The number of ether oxygens (including phenoxy) is 1. The van der Waals surface area contributed by atoms with Gasteiger partial charge < -0.3 is 20.7 Å². The van der Waals surface area contributed by atoms with Crippen molar-refractivity contribution >= 4 is 35.8 Å². The topological polar surface area (TPSA) is 87.6 Å². The van der Waals surface area contributed by atoms with E-state index in [1.807, 2.05) is 0 Å². The van der Waals surface area contributed by atoms with Gasteiger partial charge in [-0.1, -0.05) is 0 Å². The normalized spacial score (nSPS) is 17.7. The summed E-state index contributed by atoms with van der Waals surface area (Å²) >= 11 is 0. The van der Waals surface area contributed by atoms with Crippen molar-refractivity contribution in [3.05, 3.63) is 24.1 Å². The van der Waals surface area contributed by atoms with Gasteiger partial charge in [-0.3, -0.25) is 9.79 Å². The molecule has 1 unspecified atom stereocenters. The summed E-state index contributed by atoms with van der Waals surface area (Å²) in [5.74, 6) is 0.197. The first-order chi connectivity index (χ1) is 10.7. The summed E-state index contributed by atoms with van der Waals surface area (Å²) in [5.41, 5.74) is 0. The average Bonchev–Trinajstić information content (AvgIpc) is 2.54. The third-order valence-electron chi connectivity index (χ3n) is 3.19. The second kappa shape index (κ2) is 10.2. The first-order valence-corrected chi connectivity index (χ1v) is 7.16. The molecule has 23 heavy (non-hydrogen) atoms. The molecule has 1 atom stereocenters. The number of rotatable bonds is 5. The second-order valence-electron chi connectivity index (χ2n) is 4.82. The Morgan fingerprint density at radius 1 is 1.61 bits per heavy atom. The molecule has 1 saturated heterocycles. The van der Waals surface area contributed by atoms with Crippen molar-refractivity contribution in [3.8, 4) is 5.88 Å². The summed E-state index contributed by atoms with van der Waals surface area (Å²) in [6.07, 6.45) is 2.75. The van der Waals surface area contributed by atoms with E-state index in [4.69, 9.17) is 4.74 Å². The molecule has 1 aromatic heterocycles. The molecule has 1 aliphatic rings. The first-order valence-electron chi connectivity index (χ1n) is 7.16. The molecule has 3 N–H and O–H groups in total. The lowest BCUT2D eigenvalue weighted by atomic mass is 10.1. The molecule has 1 amide bonds. The molecule has 1 aliphatic heterocycles. The van der Waals surface area contributed by atoms with Crippen LogP contribution in [0.2, 0.25) is 0 Å². The van der Waals surface area contributed by atoms with Crippen LogP contribution in [-0.4, -0.2) is 49.6 Å². The van der Waals surface area contributed by atoms with E-state index in [-0.39, 0.29) is 48.4 Å². The summed E-state index contributed by atoms with van der Waals surface area (Å²) < 4.78 is 18.6. The predicted molar refractivity (Wildman–Crippen MR) is 95.6 cm³/mol. The van der Waals surface area contributed by atoms with E-state index in [0.29, 0.717) is 25.5 Å². The fraction of sp³-hybridized carbons (Fsp3) is 0.500. The highest BCUT2D eigenvalue weighted by Crippen LogP contribution is 2.10. The molecule has 1 aromatic rings. The van der Waals surface area contributed by atoms with Crippen LogP contribution < -0.4 is 20.7 Å². The number of amides is 1. The third kappa shape index (κ3) is 6.55. The van der Waals surface area contributed by atoms with Crippen LogP contribution in [0.25, 0.3) is 0 Å². The minimum Gasteiger partial charge on any atom is -0.474 e. The van der Waals surface area contributed by atoms with E-state index in [9.17, 15) is 9.18 Å². The number of halogens is 2. The number of piperidine rings is 1. The van der Waals surface area contributed by atoms with Crippen molar-refractivity contribution in [2.75, 3.05) is 26.7 Å². The Morgan fingerprint density at radius 2 is 2.43 bits per heavy atom. The molecule has 0 aromatic carbocycles. The number of hydrogen-bond donors (Lipinski definition) is 3. The summed E-state index contributed by atoms with van der Waals surface area (Å²) in [6.45, 7) is 1.29. The smallest absolute Gasteiger partial charge is 0.250 e. The van der Waals surface area contributed by atoms with Crippen LogP contribution in [0.4, 0.5) is 4.39 Å². The SMILES string of the molecule is CN=C(NCCOc1ncccc1F)NC1CCC(=O)NC1.I. The molecule has 7 nitrogen and oxygen atoms in total. The zero-order chi connectivity index (χ0) is 15.8. The van der Waals surface area contributed by atoms with E-state index in [1.165, 1.54) is 18.3 Å². The zero-order valence-corrected chi connectivity index (χ0v) is 15.2. The molecular formula is C14H21FIN5O2. The highest BCUT2D eigenvalue weighted by molar-refractivity contribution is 14.0. The monoisotopic (exact) mass is 437 g/mol. The first kappa shape index (κ1) is 19.4. The fourth-order valence-corrected chi connectivity index (χ4v) is 2.04. The van der Waals surface area contributed by atoms with E-state index < -0.39 is 5.82 Å². The maximum Gasteiger partial charge on any atom is 0.250 e. The molecule has 0 spiro atoms. The van der Waals surface area contributed by atoms with Gasteiger partial charge >= 0.3 is 0 Å². The Kier molecular flexibility index (Phi) is 8.59. The zero-order valence-electron chi connectivity index (χ0n) is 12.8. The lowest BCUT2D eigenvalue weighted by Gasteiger charge is -2.25. The Hall–Kier alpha value is -1.65. The lowest BCUT2D eigenvalue weighted by Crippen LogP contribution is -2.51. The van der Waals surface area contributed by atoms with Crippen molar-refractivity contribution < 1.29 is 13.9 Å². The summed E-state index contributed by atoms with van der Waals surface area (Å²) in [4.78, 5) is 19.0. The Labute approximate surface area is 151 Å². The second-order valence-corrected chi connectivity index (χ2v) is 4.82. The van der Waals surface area contributed by atoms with E-state index in [0.717, 1.165) is 6.42 Å². The molecule has 128 valence electrons. The summed E-state index contributed by atoms with van der Waals surface area (Å²) in [6, 6.07) is 2.96. The van der Waals surface area contributed by atoms with Gasteiger partial charge in [0.25, 0.3) is 0 Å². The number of hydrogen-bond acceptors (Lipinski definition) is 4. The number of carbonyl (C=O) groups is 1. The van der Waals surface area contributed by atoms with E-state index in [2.05, 4.69) is 25.9 Å². The average molecular weight is 437 g/mol. The number of pyridine rings is 1. The molecule has 0 bridgehead atoms. The molecule has 2 rings (SSSR count). The van der Waals surface area contributed by atoms with Gasteiger partial charge in [0.05, 0.1) is 6.54 Å². The van der Waals surface area contributed by atoms with Crippen LogP contribution in [0.15, 0.2) is 23.3 Å². The van der Waals surface area contributed by atoms with Crippen molar-refractivity contribution in [2.45, 2.75) is 18.9 Å². The van der Waals surface area contributed by atoms with Gasteiger partial charge in [0.1, 0.15) is 6.61 Å². The molecule has 0 saturated carbocycles. The number of aromatic nitrogens is 1. The maximum atomic E-state index is 13.3. The van der Waals surface area contributed by atoms with Gasteiger partial charge in [-0.25, -0.2) is 9.37 Å². The molecule has 0 aliphatic carbocycles. The third-order valence-corrected chi connectivity index (χ3v) is 3.19.